The number of carboxylic acid groups (broad SMARTS) is 2. The molecular weight excluding hydrogens is 442 g/mol. The van der Waals surface area contributed by atoms with Crippen LogP contribution in [0.15, 0.2) is 24.3 Å². The van der Waals surface area contributed by atoms with Crippen LogP contribution in [0.2, 0.25) is 0 Å². The fraction of sp³-hybridized carbons (Fsp3) is 0.308. The van der Waals surface area contributed by atoms with Crippen LogP contribution in [-0.2, 0) is 19.6 Å². The van der Waals surface area contributed by atoms with Crippen molar-refractivity contribution in [2.24, 2.45) is 5.73 Å². The molecule has 0 bridgehead atoms. The summed E-state index contributed by atoms with van der Waals surface area (Å²) in [7, 11) is -2.01. The van der Waals surface area contributed by atoms with Crippen LogP contribution in [0, 0.1) is 0 Å². The number of rotatable bonds is 3. The molecule has 0 saturated heterocycles. The summed E-state index contributed by atoms with van der Waals surface area (Å²) in [4.78, 5) is 28.8. The quantitative estimate of drug-likeness (QED) is 0.582. The highest BCUT2D eigenvalue weighted by atomic mass is 32.2. The third kappa shape index (κ3) is 11.4. The van der Waals surface area contributed by atoms with Crippen molar-refractivity contribution in [1.29, 1.82) is 0 Å². The van der Waals surface area contributed by atoms with Crippen molar-refractivity contribution in [3.05, 3.63) is 29.8 Å². The van der Waals surface area contributed by atoms with Crippen LogP contribution in [0.4, 0.5) is 32.0 Å². The summed E-state index contributed by atoms with van der Waals surface area (Å²) in [5, 5.41) is 14.2. The Morgan fingerprint density at radius 1 is 0.931 bits per heavy atom. The molecule has 9 nitrogen and oxygen atoms in total. The molecule has 1 aromatic rings. The van der Waals surface area contributed by atoms with Crippen LogP contribution in [0.1, 0.15) is 10.4 Å². The number of nitrogens with two attached hydrogens (primary N) is 1. The highest BCUT2D eigenvalue weighted by Crippen LogP contribution is 2.20. The van der Waals surface area contributed by atoms with Gasteiger partial charge in [0.1, 0.15) is 0 Å². The summed E-state index contributed by atoms with van der Waals surface area (Å²) in [6.45, 7) is 0. The molecule has 29 heavy (non-hydrogen) atoms. The molecule has 16 heteroatoms. The molecule has 0 heterocycles. The van der Waals surface area contributed by atoms with Gasteiger partial charge in [0.15, 0.2) is 0 Å². The van der Waals surface area contributed by atoms with Gasteiger partial charge in [0.25, 0.3) is 5.91 Å². The Balaban J connectivity index is 0. The number of nitrogens with zero attached hydrogens (tertiary/aromatic N) is 1. The number of carboxylic acids is 2. The maximum atomic E-state index is 11.3. The number of aliphatic carboxylic acids is 2. The van der Waals surface area contributed by atoms with Gasteiger partial charge in [0.05, 0.1) is 17.5 Å². The number of anilines is 1. The van der Waals surface area contributed by atoms with Crippen LogP contribution in [0.3, 0.4) is 0 Å². The van der Waals surface area contributed by atoms with Gasteiger partial charge in [0.2, 0.25) is 10.0 Å². The lowest BCUT2D eigenvalue weighted by Crippen LogP contribution is -2.27. The molecule has 0 atom stereocenters. The maximum Gasteiger partial charge on any atom is 0.490 e. The van der Waals surface area contributed by atoms with Gasteiger partial charge in [-0.25, -0.2) is 18.0 Å². The SMILES string of the molecule is CN(c1ccccc1C(N)=O)S(C)(=O)=O.O=C(O)C(F)(F)F.O=C(O)C(F)(F)F. The zero-order valence-electron chi connectivity index (χ0n) is 14.4. The summed E-state index contributed by atoms with van der Waals surface area (Å²) in [6.07, 6.45) is -9.11. The zero-order chi connectivity index (χ0) is 23.8. The molecule has 0 aliphatic rings. The minimum Gasteiger partial charge on any atom is -0.475 e. The second kappa shape index (κ2) is 10.5. The molecule has 4 N–H and O–H groups in total. The number of alkyl halides is 6. The molecule has 0 saturated carbocycles. The van der Waals surface area contributed by atoms with Crippen molar-refractivity contribution in [1.82, 2.24) is 0 Å². The summed E-state index contributed by atoms with van der Waals surface area (Å²) < 4.78 is 87.1. The van der Waals surface area contributed by atoms with E-state index in [0.29, 0.717) is 0 Å². The number of carbonyl (C=O) groups excluding carboxylic acids is 1. The third-order valence-corrected chi connectivity index (χ3v) is 3.68. The molecule has 1 amide bonds. The van der Waals surface area contributed by atoms with E-state index in [1.807, 2.05) is 0 Å². The topological polar surface area (TPSA) is 155 Å². The molecule has 1 rings (SSSR count). The highest BCUT2D eigenvalue weighted by molar-refractivity contribution is 7.92. The minimum absolute atomic E-state index is 0.186. The normalized spacial score (nSPS) is 11.2. The largest absolute Gasteiger partial charge is 0.490 e. The number of benzene rings is 1. The van der Waals surface area contributed by atoms with E-state index >= 15 is 0 Å². The standard InChI is InChI=1S/C9H12N2O3S.2C2HF3O2/c1-11(15(2,13)14)8-6-4-3-5-7(8)9(10)12;2*3-2(4,5)1(6)7/h3-6H,1-2H3,(H2,10,12);2*(H,6,7). The first-order valence-electron chi connectivity index (χ1n) is 6.65. The molecule has 0 aliphatic carbocycles. The second-order valence-electron chi connectivity index (χ2n) is 4.72. The molecule has 1 aromatic carbocycles. The second-order valence-corrected chi connectivity index (χ2v) is 6.73. The van der Waals surface area contributed by atoms with Crippen molar-refractivity contribution >= 4 is 33.6 Å². The lowest BCUT2D eigenvalue weighted by Gasteiger charge is -2.18. The predicted molar refractivity (Wildman–Crippen MR) is 85.6 cm³/mol. The average Bonchev–Trinajstić information content (AvgIpc) is 2.52. The van der Waals surface area contributed by atoms with E-state index in [2.05, 4.69) is 0 Å². The van der Waals surface area contributed by atoms with Crippen LogP contribution in [0.25, 0.3) is 0 Å². The van der Waals surface area contributed by atoms with Crippen molar-refractivity contribution < 1.29 is 59.4 Å². The maximum absolute atomic E-state index is 11.3. The lowest BCUT2D eigenvalue weighted by atomic mass is 10.2. The molecular formula is C13H14F6N2O7S. The van der Waals surface area contributed by atoms with Crippen molar-refractivity contribution in [3.63, 3.8) is 0 Å². The lowest BCUT2D eigenvalue weighted by molar-refractivity contribution is -0.193. The summed E-state index contributed by atoms with van der Waals surface area (Å²) in [6, 6.07) is 6.28. The first kappa shape index (κ1) is 28.2. The van der Waals surface area contributed by atoms with Gasteiger partial charge in [-0.3, -0.25) is 9.10 Å². The predicted octanol–water partition coefficient (Wildman–Crippen LogP) is 1.45. The summed E-state index contributed by atoms with van der Waals surface area (Å²) in [5.74, 6) is -6.17. The first-order valence-corrected chi connectivity index (χ1v) is 8.50. The highest BCUT2D eigenvalue weighted by Gasteiger charge is 2.38. The van der Waals surface area contributed by atoms with E-state index in [9.17, 15) is 39.6 Å². The molecule has 0 radical (unpaired) electrons. The van der Waals surface area contributed by atoms with E-state index in [1.165, 1.54) is 19.2 Å². The average molecular weight is 456 g/mol. The third-order valence-electron chi connectivity index (χ3n) is 2.49. The fourth-order valence-electron chi connectivity index (χ4n) is 1.14. The molecule has 0 unspecified atom stereocenters. The van der Waals surface area contributed by atoms with E-state index in [1.54, 1.807) is 12.1 Å². The van der Waals surface area contributed by atoms with E-state index < -0.39 is 40.2 Å². The van der Waals surface area contributed by atoms with Gasteiger partial charge < -0.3 is 15.9 Å². The Bertz CT molecular complexity index is 813. The number of carbonyl (C=O) groups is 3. The van der Waals surface area contributed by atoms with Gasteiger partial charge in [0, 0.05) is 7.05 Å². The minimum atomic E-state index is -5.08. The molecule has 0 spiro atoms. The Labute approximate surface area is 159 Å². The molecule has 0 aliphatic heterocycles. The number of sulfonamides is 1. The first-order chi connectivity index (χ1) is 12.7. The van der Waals surface area contributed by atoms with Gasteiger partial charge in [-0.05, 0) is 12.1 Å². The van der Waals surface area contributed by atoms with Gasteiger partial charge >= 0.3 is 24.3 Å². The zero-order valence-corrected chi connectivity index (χ0v) is 15.3. The van der Waals surface area contributed by atoms with Crippen LogP contribution < -0.4 is 10.0 Å². The Hall–Kier alpha value is -3.04. The van der Waals surface area contributed by atoms with Crippen molar-refractivity contribution in [2.45, 2.75) is 12.4 Å². The number of para-hydroxylation sites is 1. The number of halogens is 6. The Morgan fingerprint density at radius 2 is 1.24 bits per heavy atom. The monoisotopic (exact) mass is 456 g/mol. The van der Waals surface area contributed by atoms with Crippen LogP contribution in [0.5, 0.6) is 0 Å². The molecule has 0 fully saturated rings. The Kier molecular flexibility index (Phi) is 10.2. The van der Waals surface area contributed by atoms with Crippen LogP contribution >= 0.6 is 0 Å². The molecule has 166 valence electrons. The van der Waals surface area contributed by atoms with Gasteiger partial charge in [-0.2, -0.15) is 26.3 Å². The number of amides is 1. The van der Waals surface area contributed by atoms with Crippen molar-refractivity contribution in [2.75, 3.05) is 17.6 Å². The van der Waals surface area contributed by atoms with Gasteiger partial charge in [-0.15, -0.1) is 0 Å². The van der Waals surface area contributed by atoms with Crippen LogP contribution in [-0.4, -0.2) is 62.1 Å². The number of hydrogen-bond acceptors (Lipinski definition) is 5. The van der Waals surface area contributed by atoms with E-state index in [-0.39, 0.29) is 11.3 Å². The summed E-state index contributed by atoms with van der Waals surface area (Å²) in [5.41, 5.74) is 5.61. The Morgan fingerprint density at radius 3 is 1.48 bits per heavy atom. The summed E-state index contributed by atoms with van der Waals surface area (Å²) >= 11 is 0. The van der Waals surface area contributed by atoms with E-state index in [0.717, 1.165) is 10.6 Å². The van der Waals surface area contributed by atoms with E-state index in [4.69, 9.17) is 25.5 Å². The van der Waals surface area contributed by atoms with Gasteiger partial charge in [-0.1, -0.05) is 12.1 Å². The fourth-order valence-corrected chi connectivity index (χ4v) is 1.65. The van der Waals surface area contributed by atoms with Crippen molar-refractivity contribution in [3.8, 4) is 0 Å². The molecule has 0 aromatic heterocycles. The smallest absolute Gasteiger partial charge is 0.475 e. The number of hydrogen-bond donors (Lipinski definition) is 3. The number of primary amides is 1.